The van der Waals surface area contributed by atoms with Crippen molar-refractivity contribution in [3.63, 3.8) is 0 Å². The molecule has 0 amide bonds. The van der Waals surface area contributed by atoms with Crippen LogP contribution in [0.4, 0.5) is 0 Å². The van der Waals surface area contributed by atoms with Gasteiger partial charge in [-0.15, -0.1) is 0 Å². The molecule has 1 heterocycles. The number of hydrogen-bond acceptors (Lipinski definition) is 3. The van der Waals surface area contributed by atoms with Crippen molar-refractivity contribution in [1.29, 1.82) is 0 Å². The Labute approximate surface area is 112 Å². The molecular weight excluding hydrogens is 266 g/mol. The van der Waals surface area contributed by atoms with Crippen molar-refractivity contribution in [2.24, 2.45) is 7.05 Å². The fraction of sp³-hybridized carbons (Fsp3) is 0.308. The van der Waals surface area contributed by atoms with Crippen LogP contribution in [0.3, 0.4) is 0 Å². The first-order valence-electron chi connectivity index (χ1n) is 5.54. The van der Waals surface area contributed by atoms with Crippen molar-refractivity contribution in [3.8, 4) is 0 Å². The van der Waals surface area contributed by atoms with Gasteiger partial charge in [-0.05, 0) is 18.6 Å². The van der Waals surface area contributed by atoms with Gasteiger partial charge in [0.2, 0.25) is 0 Å². The average molecular weight is 281 g/mol. The molecule has 0 saturated heterocycles. The summed E-state index contributed by atoms with van der Waals surface area (Å²) in [6.07, 6.45) is 3.03. The summed E-state index contributed by atoms with van der Waals surface area (Å²) in [7, 11) is -1.17. The van der Waals surface area contributed by atoms with E-state index in [2.05, 4.69) is 6.07 Å². The van der Waals surface area contributed by atoms with Crippen molar-refractivity contribution in [2.45, 2.75) is 12.7 Å². The van der Waals surface area contributed by atoms with E-state index in [0.717, 1.165) is 16.5 Å². The van der Waals surface area contributed by atoms with Gasteiger partial charge >= 0.3 is 0 Å². The second-order valence-electron chi connectivity index (χ2n) is 4.69. The first kappa shape index (κ1) is 13.2. The largest absolute Gasteiger partial charge is 0.350 e. The van der Waals surface area contributed by atoms with Gasteiger partial charge in [-0.25, -0.2) is 8.42 Å². The minimum atomic E-state index is -3.07. The molecule has 2 rings (SSSR count). The summed E-state index contributed by atoms with van der Waals surface area (Å²) in [5.41, 5.74) is 2.87. The molecular formula is C13H15NO2S2. The average Bonchev–Trinajstić information content (AvgIpc) is 2.23. The first-order valence-corrected chi connectivity index (χ1v) is 8.01. The Morgan fingerprint density at radius 3 is 2.61 bits per heavy atom. The summed E-state index contributed by atoms with van der Waals surface area (Å²) in [6.45, 7) is 2.02. The number of aromatic nitrogens is 1. The monoisotopic (exact) mass is 281 g/mol. The van der Waals surface area contributed by atoms with Crippen molar-refractivity contribution in [3.05, 3.63) is 40.0 Å². The summed E-state index contributed by atoms with van der Waals surface area (Å²) >= 11 is 5.39. The lowest BCUT2D eigenvalue weighted by atomic mass is 10.1. The predicted octanol–water partition coefficient (Wildman–Crippen LogP) is 2.76. The molecule has 2 aromatic rings. The Balaban J connectivity index is 2.77. The van der Waals surface area contributed by atoms with Crippen LogP contribution in [-0.4, -0.2) is 19.2 Å². The minimum absolute atomic E-state index is 0.0104. The molecule has 0 saturated carbocycles. The molecule has 0 N–H and O–H groups in total. The summed E-state index contributed by atoms with van der Waals surface area (Å²) in [6, 6.07) is 6.00. The van der Waals surface area contributed by atoms with Crippen molar-refractivity contribution < 1.29 is 8.42 Å². The number of aryl methyl sites for hydroxylation is 2. The Morgan fingerprint density at radius 1 is 1.33 bits per heavy atom. The van der Waals surface area contributed by atoms with E-state index in [-0.39, 0.29) is 5.75 Å². The van der Waals surface area contributed by atoms with Crippen molar-refractivity contribution in [2.75, 3.05) is 6.26 Å². The molecule has 0 bridgehead atoms. The standard InChI is InChI=1S/C13H15NO2S2/c1-9-4-5-11-12(6-9)14(2)7-10(13(11)17)8-18(3,15)16/h4-7H,8H2,1-3H3. The number of rotatable bonds is 2. The van der Waals surface area contributed by atoms with Gasteiger partial charge in [0, 0.05) is 36.0 Å². The highest BCUT2D eigenvalue weighted by atomic mass is 32.2. The van der Waals surface area contributed by atoms with Gasteiger partial charge in [0.1, 0.15) is 0 Å². The lowest BCUT2D eigenvalue weighted by Crippen LogP contribution is -2.05. The molecule has 5 heteroatoms. The van der Waals surface area contributed by atoms with Crippen LogP contribution in [0.1, 0.15) is 11.1 Å². The highest BCUT2D eigenvalue weighted by molar-refractivity contribution is 7.89. The second-order valence-corrected chi connectivity index (χ2v) is 7.23. The van der Waals surface area contributed by atoms with Crippen LogP contribution >= 0.6 is 12.2 Å². The molecule has 18 heavy (non-hydrogen) atoms. The van der Waals surface area contributed by atoms with Crippen molar-refractivity contribution >= 4 is 33.0 Å². The molecule has 1 aromatic heterocycles. The SMILES string of the molecule is Cc1ccc2c(=S)c(CS(C)(=O)=O)cn(C)c2c1. The number of fused-ring (bicyclic) bond motifs is 1. The van der Waals surface area contributed by atoms with Crippen LogP contribution in [0.15, 0.2) is 24.4 Å². The lowest BCUT2D eigenvalue weighted by Gasteiger charge is -2.10. The van der Waals surface area contributed by atoms with E-state index in [1.807, 2.05) is 36.9 Å². The maximum Gasteiger partial charge on any atom is 0.151 e. The van der Waals surface area contributed by atoms with Crippen LogP contribution < -0.4 is 0 Å². The van der Waals surface area contributed by atoms with Gasteiger partial charge in [-0.1, -0.05) is 24.4 Å². The molecule has 96 valence electrons. The summed E-state index contributed by atoms with van der Waals surface area (Å²) in [5, 5.41) is 0.930. The fourth-order valence-corrected chi connectivity index (χ4v) is 3.22. The minimum Gasteiger partial charge on any atom is -0.350 e. The quantitative estimate of drug-likeness (QED) is 0.795. The van der Waals surface area contributed by atoms with E-state index in [1.54, 1.807) is 0 Å². The molecule has 3 nitrogen and oxygen atoms in total. The van der Waals surface area contributed by atoms with Crippen LogP contribution in [0.5, 0.6) is 0 Å². The third-order valence-electron chi connectivity index (χ3n) is 2.84. The zero-order valence-corrected chi connectivity index (χ0v) is 12.2. The topological polar surface area (TPSA) is 39.1 Å². The predicted molar refractivity (Wildman–Crippen MR) is 77.0 cm³/mol. The molecule has 0 aliphatic heterocycles. The van der Waals surface area contributed by atoms with Crippen LogP contribution in [0.2, 0.25) is 0 Å². The number of sulfone groups is 1. The van der Waals surface area contributed by atoms with Crippen molar-refractivity contribution in [1.82, 2.24) is 4.57 Å². The molecule has 0 atom stereocenters. The van der Waals surface area contributed by atoms with E-state index in [0.29, 0.717) is 10.1 Å². The van der Waals surface area contributed by atoms with Gasteiger partial charge < -0.3 is 4.57 Å². The summed E-state index contributed by atoms with van der Waals surface area (Å²) in [4.78, 5) is 0. The third kappa shape index (κ3) is 2.62. The normalized spacial score (nSPS) is 11.9. The maximum absolute atomic E-state index is 11.4. The lowest BCUT2D eigenvalue weighted by molar-refractivity contribution is 0.601. The van der Waals surface area contributed by atoms with Gasteiger partial charge in [0.15, 0.2) is 9.84 Å². The van der Waals surface area contributed by atoms with Gasteiger partial charge in [0.25, 0.3) is 0 Å². The van der Waals surface area contributed by atoms with E-state index in [1.165, 1.54) is 6.26 Å². The Morgan fingerprint density at radius 2 is 2.00 bits per heavy atom. The number of nitrogens with zero attached hydrogens (tertiary/aromatic N) is 1. The van der Waals surface area contributed by atoms with Gasteiger partial charge in [0.05, 0.1) is 10.3 Å². The highest BCUT2D eigenvalue weighted by Gasteiger charge is 2.10. The van der Waals surface area contributed by atoms with E-state index in [4.69, 9.17) is 12.2 Å². The van der Waals surface area contributed by atoms with E-state index in [9.17, 15) is 8.42 Å². The van der Waals surface area contributed by atoms with Crippen LogP contribution in [0, 0.1) is 11.4 Å². The third-order valence-corrected chi connectivity index (χ3v) is 4.15. The smallest absolute Gasteiger partial charge is 0.151 e. The summed E-state index contributed by atoms with van der Waals surface area (Å²) in [5.74, 6) is -0.0104. The maximum atomic E-state index is 11.4. The van der Waals surface area contributed by atoms with E-state index < -0.39 is 9.84 Å². The molecule has 1 aromatic carbocycles. The molecule has 0 unspecified atom stereocenters. The Bertz CT molecular complexity index is 773. The number of pyridine rings is 1. The van der Waals surface area contributed by atoms with E-state index >= 15 is 0 Å². The second kappa shape index (κ2) is 4.48. The van der Waals surface area contributed by atoms with Gasteiger partial charge in [-0.3, -0.25) is 0 Å². The summed E-state index contributed by atoms with van der Waals surface area (Å²) < 4.78 is 25.4. The zero-order chi connectivity index (χ0) is 13.5. The highest BCUT2D eigenvalue weighted by Crippen LogP contribution is 2.21. The molecule has 0 spiro atoms. The number of hydrogen-bond donors (Lipinski definition) is 0. The number of benzene rings is 1. The fourth-order valence-electron chi connectivity index (χ4n) is 2.05. The first-order chi connectivity index (χ1) is 8.28. The molecule has 0 fully saturated rings. The molecule has 0 radical (unpaired) electrons. The van der Waals surface area contributed by atoms with Crippen LogP contribution in [-0.2, 0) is 22.6 Å². The Kier molecular flexibility index (Phi) is 3.29. The van der Waals surface area contributed by atoms with Crippen LogP contribution in [0.25, 0.3) is 10.9 Å². The zero-order valence-electron chi connectivity index (χ0n) is 10.6. The Hall–Kier alpha value is -1.20. The van der Waals surface area contributed by atoms with Gasteiger partial charge in [-0.2, -0.15) is 0 Å². The molecule has 0 aliphatic rings. The molecule has 0 aliphatic carbocycles.